The van der Waals surface area contributed by atoms with E-state index in [-0.39, 0.29) is 18.6 Å². The number of hydrogen-bond donors (Lipinski definition) is 1. The summed E-state index contributed by atoms with van der Waals surface area (Å²) < 4.78 is 4.98. The Kier molecular flexibility index (Phi) is 4.35. The maximum Gasteiger partial charge on any atom is 0.251 e. The molecule has 1 unspecified atom stereocenters. The third-order valence-corrected chi connectivity index (χ3v) is 2.89. The van der Waals surface area contributed by atoms with Crippen molar-refractivity contribution in [3.8, 4) is 0 Å². The molecule has 82 valence electrons. The highest BCUT2D eigenvalue weighted by molar-refractivity contribution is 5.80. The minimum absolute atomic E-state index is 0.0592. The first-order valence-corrected chi connectivity index (χ1v) is 5.11. The van der Waals surface area contributed by atoms with E-state index in [1.165, 1.54) is 0 Å². The van der Waals surface area contributed by atoms with Crippen LogP contribution in [-0.2, 0) is 9.53 Å². The molecule has 1 aliphatic heterocycles. The van der Waals surface area contributed by atoms with Crippen molar-refractivity contribution in [3.05, 3.63) is 0 Å². The summed E-state index contributed by atoms with van der Waals surface area (Å²) in [5, 5.41) is 8.94. The maximum absolute atomic E-state index is 11.7. The van der Waals surface area contributed by atoms with Crippen LogP contribution in [0.3, 0.4) is 0 Å². The van der Waals surface area contributed by atoms with E-state index < -0.39 is 0 Å². The monoisotopic (exact) mass is 201 g/mol. The molecule has 0 bridgehead atoms. The first kappa shape index (κ1) is 11.5. The Morgan fingerprint density at radius 1 is 1.57 bits per heavy atom. The number of carbonyl (C=O) groups is 1. The SMILES string of the molecule is COC(C)C(=O)N1CCC(CO)CC1. The number of aliphatic hydroxyl groups excluding tert-OH is 1. The molecule has 0 radical (unpaired) electrons. The number of carbonyl (C=O) groups excluding carboxylic acids is 1. The summed E-state index contributed by atoms with van der Waals surface area (Å²) >= 11 is 0. The van der Waals surface area contributed by atoms with Gasteiger partial charge in [0, 0.05) is 26.8 Å². The molecule has 1 aliphatic rings. The number of methoxy groups -OCH3 is 1. The summed E-state index contributed by atoms with van der Waals surface area (Å²) in [6, 6.07) is 0. The van der Waals surface area contributed by atoms with Gasteiger partial charge in [0.05, 0.1) is 0 Å². The Morgan fingerprint density at radius 2 is 2.14 bits per heavy atom. The van der Waals surface area contributed by atoms with Crippen LogP contribution < -0.4 is 0 Å². The second-order valence-electron chi connectivity index (χ2n) is 3.83. The Labute approximate surface area is 84.8 Å². The molecule has 1 heterocycles. The molecule has 0 aliphatic carbocycles. The minimum atomic E-state index is -0.347. The largest absolute Gasteiger partial charge is 0.396 e. The van der Waals surface area contributed by atoms with Crippen molar-refractivity contribution in [2.24, 2.45) is 5.92 Å². The molecule has 0 saturated carbocycles. The Morgan fingerprint density at radius 3 is 2.57 bits per heavy atom. The first-order valence-electron chi connectivity index (χ1n) is 5.11. The van der Waals surface area contributed by atoms with Crippen molar-refractivity contribution >= 4 is 5.91 Å². The zero-order chi connectivity index (χ0) is 10.6. The molecule has 14 heavy (non-hydrogen) atoms. The van der Waals surface area contributed by atoms with Crippen molar-refractivity contribution in [2.75, 3.05) is 26.8 Å². The molecule has 0 spiro atoms. The van der Waals surface area contributed by atoms with E-state index in [9.17, 15) is 4.79 Å². The summed E-state index contributed by atoms with van der Waals surface area (Å²) in [6.45, 7) is 3.50. The minimum Gasteiger partial charge on any atom is -0.396 e. The van der Waals surface area contributed by atoms with Gasteiger partial charge >= 0.3 is 0 Å². The highest BCUT2D eigenvalue weighted by atomic mass is 16.5. The molecule has 4 nitrogen and oxygen atoms in total. The van der Waals surface area contributed by atoms with Crippen molar-refractivity contribution in [2.45, 2.75) is 25.9 Å². The lowest BCUT2D eigenvalue weighted by molar-refractivity contribution is -0.142. The van der Waals surface area contributed by atoms with Crippen LogP contribution in [0.1, 0.15) is 19.8 Å². The molecule has 1 amide bonds. The molecule has 4 heteroatoms. The van der Waals surface area contributed by atoms with Crippen LogP contribution in [0.5, 0.6) is 0 Å². The number of rotatable bonds is 3. The van der Waals surface area contributed by atoms with Gasteiger partial charge in [-0.15, -0.1) is 0 Å². The van der Waals surface area contributed by atoms with Crippen LogP contribution in [0.15, 0.2) is 0 Å². The summed E-state index contributed by atoms with van der Waals surface area (Å²) in [7, 11) is 1.54. The predicted octanol–water partition coefficient (Wildman–Crippen LogP) is 0.252. The lowest BCUT2D eigenvalue weighted by Crippen LogP contribution is -2.44. The van der Waals surface area contributed by atoms with E-state index in [2.05, 4.69) is 0 Å². The second kappa shape index (κ2) is 5.32. The molecule has 1 saturated heterocycles. The summed E-state index contributed by atoms with van der Waals surface area (Å²) in [5.74, 6) is 0.431. The average Bonchev–Trinajstić information content (AvgIpc) is 2.27. The molecule has 1 fully saturated rings. The number of nitrogens with zero attached hydrogens (tertiary/aromatic N) is 1. The number of ether oxygens (including phenoxy) is 1. The molecule has 1 atom stereocenters. The Hall–Kier alpha value is -0.610. The average molecular weight is 201 g/mol. The van der Waals surface area contributed by atoms with Crippen LogP contribution in [0.4, 0.5) is 0 Å². The summed E-state index contributed by atoms with van der Waals surface area (Å²) in [5.41, 5.74) is 0. The fourth-order valence-corrected chi connectivity index (χ4v) is 1.69. The van der Waals surface area contributed by atoms with E-state index >= 15 is 0 Å². The van der Waals surface area contributed by atoms with Gasteiger partial charge in [-0.05, 0) is 25.7 Å². The van der Waals surface area contributed by atoms with Gasteiger partial charge in [0.25, 0.3) is 5.91 Å². The molecule has 0 aromatic heterocycles. The van der Waals surface area contributed by atoms with Gasteiger partial charge in [0.15, 0.2) is 0 Å². The number of likely N-dealkylation sites (tertiary alicyclic amines) is 1. The molecular formula is C10H19NO3. The van der Waals surface area contributed by atoms with Gasteiger partial charge in [-0.2, -0.15) is 0 Å². The lowest BCUT2D eigenvalue weighted by atomic mass is 9.97. The predicted molar refractivity (Wildman–Crippen MR) is 52.9 cm³/mol. The van der Waals surface area contributed by atoms with E-state index in [4.69, 9.17) is 9.84 Å². The van der Waals surface area contributed by atoms with Gasteiger partial charge in [0.2, 0.25) is 0 Å². The number of aliphatic hydroxyl groups is 1. The topological polar surface area (TPSA) is 49.8 Å². The second-order valence-corrected chi connectivity index (χ2v) is 3.83. The van der Waals surface area contributed by atoms with Crippen molar-refractivity contribution in [3.63, 3.8) is 0 Å². The van der Waals surface area contributed by atoms with E-state index in [0.717, 1.165) is 25.9 Å². The molecular weight excluding hydrogens is 182 g/mol. The van der Waals surface area contributed by atoms with Crippen molar-refractivity contribution in [1.82, 2.24) is 4.90 Å². The third-order valence-electron chi connectivity index (χ3n) is 2.89. The highest BCUT2D eigenvalue weighted by Gasteiger charge is 2.25. The van der Waals surface area contributed by atoms with Crippen LogP contribution in [0.25, 0.3) is 0 Å². The highest BCUT2D eigenvalue weighted by Crippen LogP contribution is 2.17. The zero-order valence-corrected chi connectivity index (χ0v) is 8.90. The van der Waals surface area contributed by atoms with Crippen LogP contribution in [0, 0.1) is 5.92 Å². The van der Waals surface area contributed by atoms with E-state index in [1.54, 1.807) is 14.0 Å². The molecule has 0 aromatic rings. The zero-order valence-electron chi connectivity index (χ0n) is 8.90. The molecule has 0 aromatic carbocycles. The van der Waals surface area contributed by atoms with Crippen molar-refractivity contribution in [1.29, 1.82) is 0 Å². The Balaban J connectivity index is 2.37. The van der Waals surface area contributed by atoms with Gasteiger partial charge in [-0.3, -0.25) is 4.79 Å². The van der Waals surface area contributed by atoms with E-state index in [0.29, 0.717) is 5.92 Å². The smallest absolute Gasteiger partial charge is 0.251 e. The number of hydrogen-bond acceptors (Lipinski definition) is 3. The molecule has 1 rings (SSSR count). The lowest BCUT2D eigenvalue weighted by Gasteiger charge is -2.32. The van der Waals surface area contributed by atoms with Gasteiger partial charge in [-0.1, -0.05) is 0 Å². The fraction of sp³-hybridized carbons (Fsp3) is 0.900. The third kappa shape index (κ3) is 2.69. The first-order chi connectivity index (χ1) is 6.69. The molecule has 1 N–H and O–H groups in total. The van der Waals surface area contributed by atoms with Crippen LogP contribution in [-0.4, -0.2) is 48.8 Å². The summed E-state index contributed by atoms with van der Waals surface area (Å²) in [4.78, 5) is 13.5. The van der Waals surface area contributed by atoms with Gasteiger partial charge in [0.1, 0.15) is 6.10 Å². The van der Waals surface area contributed by atoms with Crippen LogP contribution in [0.2, 0.25) is 0 Å². The van der Waals surface area contributed by atoms with E-state index in [1.807, 2.05) is 4.90 Å². The Bertz CT molecular complexity index is 188. The normalized spacial score (nSPS) is 20.9. The maximum atomic E-state index is 11.7. The fourth-order valence-electron chi connectivity index (χ4n) is 1.69. The summed E-state index contributed by atoms with van der Waals surface area (Å²) in [6.07, 6.45) is 1.46. The van der Waals surface area contributed by atoms with Gasteiger partial charge in [-0.25, -0.2) is 0 Å². The number of piperidine rings is 1. The quantitative estimate of drug-likeness (QED) is 0.712. The number of amides is 1. The van der Waals surface area contributed by atoms with Gasteiger partial charge < -0.3 is 14.7 Å². The van der Waals surface area contributed by atoms with Crippen LogP contribution >= 0.6 is 0 Å². The van der Waals surface area contributed by atoms with Crippen molar-refractivity contribution < 1.29 is 14.6 Å². The standard InChI is InChI=1S/C10H19NO3/c1-8(14-2)10(13)11-5-3-9(7-12)4-6-11/h8-9,12H,3-7H2,1-2H3.